The number of nitrogens with one attached hydrogen (secondary N) is 1. The highest BCUT2D eigenvalue weighted by Gasteiger charge is 2.13. The van der Waals surface area contributed by atoms with E-state index in [2.05, 4.69) is 29.2 Å². The van der Waals surface area contributed by atoms with E-state index in [1.165, 1.54) is 29.9 Å². The number of thioether (sulfide) groups is 1. The van der Waals surface area contributed by atoms with Gasteiger partial charge in [0.25, 0.3) is 0 Å². The topological polar surface area (TPSA) is 12.0 Å². The minimum absolute atomic E-state index is 0.759. The summed E-state index contributed by atoms with van der Waals surface area (Å²) in [6, 6.07) is 8.94. The van der Waals surface area contributed by atoms with Gasteiger partial charge in [-0.2, -0.15) is 11.8 Å². The Bertz CT molecular complexity index is 306. The van der Waals surface area contributed by atoms with Crippen molar-refractivity contribution < 1.29 is 0 Å². The SMILES string of the molecule is Clc1ccc(CCCNC2CCSC2)cc1. The van der Waals surface area contributed by atoms with E-state index in [1.807, 2.05) is 12.1 Å². The van der Waals surface area contributed by atoms with Gasteiger partial charge >= 0.3 is 0 Å². The third-order valence-electron chi connectivity index (χ3n) is 2.92. The van der Waals surface area contributed by atoms with Crippen LogP contribution in [0.3, 0.4) is 0 Å². The molecule has 1 aliphatic rings. The minimum atomic E-state index is 0.759. The average Bonchev–Trinajstić information content (AvgIpc) is 2.80. The molecular weight excluding hydrogens is 238 g/mol. The Morgan fingerprint density at radius 3 is 2.81 bits per heavy atom. The second-order valence-electron chi connectivity index (χ2n) is 4.24. The molecule has 0 saturated carbocycles. The fraction of sp³-hybridized carbons (Fsp3) is 0.538. The number of hydrogen-bond acceptors (Lipinski definition) is 2. The van der Waals surface area contributed by atoms with Crippen LogP contribution >= 0.6 is 23.4 Å². The molecule has 0 bridgehead atoms. The highest BCUT2D eigenvalue weighted by Crippen LogP contribution is 2.17. The van der Waals surface area contributed by atoms with Crippen LogP contribution in [0.15, 0.2) is 24.3 Å². The van der Waals surface area contributed by atoms with E-state index in [0.29, 0.717) is 0 Å². The molecule has 16 heavy (non-hydrogen) atoms. The molecule has 1 nitrogen and oxygen atoms in total. The lowest BCUT2D eigenvalue weighted by Gasteiger charge is -2.10. The first-order valence-electron chi connectivity index (χ1n) is 5.90. The monoisotopic (exact) mass is 255 g/mol. The van der Waals surface area contributed by atoms with Crippen LogP contribution in [-0.2, 0) is 6.42 Å². The van der Waals surface area contributed by atoms with Crippen molar-refractivity contribution >= 4 is 23.4 Å². The minimum Gasteiger partial charge on any atom is -0.313 e. The Balaban J connectivity index is 1.62. The van der Waals surface area contributed by atoms with Crippen LogP contribution < -0.4 is 5.32 Å². The molecule has 0 spiro atoms. The maximum atomic E-state index is 5.84. The zero-order chi connectivity index (χ0) is 11.2. The summed E-state index contributed by atoms with van der Waals surface area (Å²) in [4.78, 5) is 0. The molecule has 3 heteroatoms. The lowest BCUT2D eigenvalue weighted by Crippen LogP contribution is -2.29. The summed E-state index contributed by atoms with van der Waals surface area (Å²) in [5, 5.41) is 4.44. The molecule has 1 aliphatic heterocycles. The van der Waals surface area contributed by atoms with E-state index < -0.39 is 0 Å². The number of rotatable bonds is 5. The average molecular weight is 256 g/mol. The van der Waals surface area contributed by atoms with Gasteiger partial charge in [-0.15, -0.1) is 0 Å². The van der Waals surface area contributed by atoms with Crippen molar-refractivity contribution in [3.63, 3.8) is 0 Å². The van der Waals surface area contributed by atoms with E-state index in [9.17, 15) is 0 Å². The van der Waals surface area contributed by atoms with Crippen LogP contribution in [0, 0.1) is 0 Å². The molecule has 1 aromatic rings. The smallest absolute Gasteiger partial charge is 0.0406 e. The van der Waals surface area contributed by atoms with Crippen LogP contribution in [0.5, 0.6) is 0 Å². The third kappa shape index (κ3) is 4.00. The largest absolute Gasteiger partial charge is 0.313 e. The van der Waals surface area contributed by atoms with E-state index in [1.54, 1.807) is 0 Å². The standard InChI is InChI=1S/C13H18ClNS/c14-12-5-3-11(4-6-12)2-1-8-15-13-7-9-16-10-13/h3-6,13,15H,1-2,7-10H2. The molecule has 1 N–H and O–H groups in total. The highest BCUT2D eigenvalue weighted by molar-refractivity contribution is 7.99. The predicted octanol–water partition coefficient (Wildman–Crippen LogP) is 3.37. The number of benzene rings is 1. The summed E-state index contributed by atoms with van der Waals surface area (Å²) in [5.74, 6) is 2.62. The first-order chi connectivity index (χ1) is 7.84. The first kappa shape index (κ1) is 12.3. The number of hydrogen-bond donors (Lipinski definition) is 1. The van der Waals surface area contributed by atoms with Crippen LogP contribution in [-0.4, -0.2) is 24.1 Å². The Kier molecular flexibility index (Phi) is 5.01. The zero-order valence-corrected chi connectivity index (χ0v) is 11.0. The molecule has 0 amide bonds. The van der Waals surface area contributed by atoms with Gasteiger partial charge < -0.3 is 5.32 Å². The first-order valence-corrected chi connectivity index (χ1v) is 7.43. The van der Waals surface area contributed by atoms with Crippen molar-refractivity contribution in [3.8, 4) is 0 Å². The lowest BCUT2D eigenvalue weighted by atomic mass is 10.1. The van der Waals surface area contributed by atoms with Crippen molar-refractivity contribution in [2.24, 2.45) is 0 Å². The molecule has 0 aromatic heterocycles. The second-order valence-corrected chi connectivity index (χ2v) is 5.83. The molecule has 88 valence electrons. The summed E-state index contributed by atoms with van der Waals surface area (Å²) < 4.78 is 0. The molecule has 0 aliphatic carbocycles. The maximum absolute atomic E-state index is 5.84. The normalized spacial score (nSPS) is 20.2. The fourth-order valence-corrected chi connectivity index (χ4v) is 3.26. The summed E-state index contributed by atoms with van der Waals surface area (Å²) in [7, 11) is 0. The van der Waals surface area contributed by atoms with Gasteiger partial charge in [-0.05, 0) is 49.3 Å². The Morgan fingerprint density at radius 1 is 1.31 bits per heavy atom. The fourth-order valence-electron chi connectivity index (χ4n) is 1.95. The Labute approximate surface area is 107 Å². The molecule has 1 unspecified atom stereocenters. The number of halogens is 1. The van der Waals surface area contributed by atoms with Crippen molar-refractivity contribution in [1.82, 2.24) is 5.32 Å². The van der Waals surface area contributed by atoms with Gasteiger partial charge in [-0.3, -0.25) is 0 Å². The van der Waals surface area contributed by atoms with Crippen LogP contribution in [0.2, 0.25) is 5.02 Å². The molecule has 1 heterocycles. The van der Waals surface area contributed by atoms with Crippen LogP contribution in [0.25, 0.3) is 0 Å². The summed E-state index contributed by atoms with van der Waals surface area (Å²) >= 11 is 7.91. The molecule has 1 saturated heterocycles. The molecule has 1 atom stereocenters. The zero-order valence-electron chi connectivity index (χ0n) is 9.42. The van der Waals surface area contributed by atoms with Gasteiger partial charge in [0.15, 0.2) is 0 Å². The quantitative estimate of drug-likeness (QED) is 0.810. The van der Waals surface area contributed by atoms with Gasteiger partial charge in [0.2, 0.25) is 0 Å². The molecular formula is C13H18ClNS. The summed E-state index contributed by atoms with van der Waals surface area (Å²) in [5.41, 5.74) is 1.38. The predicted molar refractivity (Wildman–Crippen MR) is 73.5 cm³/mol. The van der Waals surface area contributed by atoms with Gasteiger partial charge in [0, 0.05) is 16.8 Å². The van der Waals surface area contributed by atoms with Crippen molar-refractivity contribution in [1.29, 1.82) is 0 Å². The molecule has 1 aromatic carbocycles. The lowest BCUT2D eigenvalue weighted by molar-refractivity contribution is 0.545. The van der Waals surface area contributed by atoms with E-state index in [0.717, 1.165) is 24.0 Å². The summed E-state index contributed by atoms with van der Waals surface area (Å²) in [6.07, 6.45) is 3.69. The summed E-state index contributed by atoms with van der Waals surface area (Å²) in [6.45, 7) is 1.13. The number of aryl methyl sites for hydroxylation is 1. The Hall–Kier alpha value is -0.180. The van der Waals surface area contributed by atoms with Crippen LogP contribution in [0.1, 0.15) is 18.4 Å². The maximum Gasteiger partial charge on any atom is 0.0406 e. The molecule has 0 radical (unpaired) electrons. The van der Waals surface area contributed by atoms with Crippen molar-refractivity contribution in [2.45, 2.75) is 25.3 Å². The third-order valence-corrected chi connectivity index (χ3v) is 4.33. The molecule has 1 fully saturated rings. The van der Waals surface area contributed by atoms with Crippen molar-refractivity contribution in [2.75, 3.05) is 18.1 Å². The van der Waals surface area contributed by atoms with Gasteiger partial charge in [-0.1, -0.05) is 23.7 Å². The van der Waals surface area contributed by atoms with E-state index >= 15 is 0 Å². The van der Waals surface area contributed by atoms with E-state index in [-0.39, 0.29) is 0 Å². The molecule has 2 rings (SSSR count). The van der Waals surface area contributed by atoms with Gasteiger partial charge in [0.1, 0.15) is 0 Å². The highest BCUT2D eigenvalue weighted by atomic mass is 35.5. The Morgan fingerprint density at radius 2 is 2.12 bits per heavy atom. The van der Waals surface area contributed by atoms with Gasteiger partial charge in [0.05, 0.1) is 0 Å². The van der Waals surface area contributed by atoms with E-state index in [4.69, 9.17) is 11.6 Å². The van der Waals surface area contributed by atoms with Gasteiger partial charge in [-0.25, -0.2) is 0 Å². The van der Waals surface area contributed by atoms with Crippen molar-refractivity contribution in [3.05, 3.63) is 34.9 Å². The van der Waals surface area contributed by atoms with Crippen LogP contribution in [0.4, 0.5) is 0 Å². The second kappa shape index (κ2) is 6.53.